The third-order valence-corrected chi connectivity index (χ3v) is 6.81. The van der Waals surface area contributed by atoms with Gasteiger partial charge in [-0.15, -0.1) is 0 Å². The second-order valence-electron chi connectivity index (χ2n) is 8.83. The Hall–Kier alpha value is -3.43. The van der Waals surface area contributed by atoms with Crippen molar-refractivity contribution in [1.29, 1.82) is 0 Å². The molecule has 10 heteroatoms. The molecule has 0 N–H and O–H groups in total. The highest BCUT2D eigenvalue weighted by Crippen LogP contribution is 2.23. The fourth-order valence-corrected chi connectivity index (χ4v) is 4.64. The third-order valence-electron chi connectivity index (χ3n) is 6.56. The minimum Gasteiger partial charge on any atom is -0.378 e. The molecule has 3 heterocycles. The zero-order valence-electron chi connectivity index (χ0n) is 19.8. The van der Waals surface area contributed by atoms with E-state index in [1.165, 1.54) is 16.8 Å². The molecule has 0 saturated carbocycles. The molecule has 36 heavy (non-hydrogen) atoms. The number of ether oxygens (including phenoxy) is 1. The molecule has 2 aliphatic heterocycles. The number of carbonyl (C=O) groups is 1. The molecular weight excluding hydrogens is 485 g/mol. The van der Waals surface area contributed by atoms with Crippen molar-refractivity contribution in [3.8, 4) is 11.1 Å². The highest BCUT2D eigenvalue weighted by Gasteiger charge is 2.24. The van der Waals surface area contributed by atoms with Crippen molar-refractivity contribution in [2.45, 2.75) is 6.54 Å². The van der Waals surface area contributed by atoms with E-state index in [4.69, 9.17) is 16.3 Å². The molecule has 0 bridgehead atoms. The fraction of sp³-hybridized carbons (Fsp3) is 0.346. The maximum Gasteiger partial charge on any atom is 0.275 e. The number of hydrogen-bond donors (Lipinski definition) is 0. The number of rotatable bonds is 5. The van der Waals surface area contributed by atoms with Gasteiger partial charge in [-0.3, -0.25) is 9.59 Å². The molecule has 5 rings (SSSR count). The Morgan fingerprint density at radius 3 is 2.25 bits per heavy atom. The van der Waals surface area contributed by atoms with Crippen LogP contribution in [0.2, 0.25) is 5.02 Å². The minimum atomic E-state index is -0.326. The lowest BCUT2D eigenvalue weighted by Gasteiger charge is -2.36. The molecule has 8 nitrogen and oxygen atoms in total. The number of morpholine rings is 1. The smallest absolute Gasteiger partial charge is 0.275 e. The first-order valence-corrected chi connectivity index (χ1v) is 12.3. The van der Waals surface area contributed by atoms with Crippen LogP contribution in [0.5, 0.6) is 0 Å². The Labute approximate surface area is 213 Å². The van der Waals surface area contributed by atoms with Gasteiger partial charge in [0, 0.05) is 50.0 Å². The average molecular weight is 512 g/mol. The van der Waals surface area contributed by atoms with E-state index < -0.39 is 0 Å². The van der Waals surface area contributed by atoms with Gasteiger partial charge < -0.3 is 19.4 Å². The molecule has 188 valence electrons. The average Bonchev–Trinajstić information content (AvgIpc) is 2.91. The van der Waals surface area contributed by atoms with Gasteiger partial charge in [-0.1, -0.05) is 23.7 Å². The van der Waals surface area contributed by atoms with E-state index >= 15 is 0 Å². The normalized spacial score (nSPS) is 16.3. The van der Waals surface area contributed by atoms with Crippen LogP contribution >= 0.6 is 11.6 Å². The van der Waals surface area contributed by atoms with Crippen molar-refractivity contribution < 1.29 is 13.9 Å². The van der Waals surface area contributed by atoms with Gasteiger partial charge in [-0.05, 0) is 48.0 Å². The van der Waals surface area contributed by atoms with Crippen molar-refractivity contribution in [3.63, 3.8) is 0 Å². The Balaban J connectivity index is 1.35. The molecule has 0 unspecified atom stereocenters. The fourth-order valence-electron chi connectivity index (χ4n) is 4.51. The number of anilines is 2. The third kappa shape index (κ3) is 5.37. The van der Waals surface area contributed by atoms with Gasteiger partial charge in [0.2, 0.25) is 5.91 Å². The summed E-state index contributed by atoms with van der Waals surface area (Å²) in [5.41, 5.74) is 1.78. The maximum absolute atomic E-state index is 13.4. The Kier molecular flexibility index (Phi) is 7.20. The van der Waals surface area contributed by atoms with Crippen LogP contribution in [-0.2, 0) is 16.1 Å². The molecule has 0 atom stereocenters. The Morgan fingerprint density at radius 1 is 0.917 bits per heavy atom. The number of aromatic nitrogens is 2. The molecule has 2 saturated heterocycles. The molecule has 0 spiro atoms. The van der Waals surface area contributed by atoms with E-state index in [0.717, 1.165) is 11.3 Å². The summed E-state index contributed by atoms with van der Waals surface area (Å²) in [6, 6.07) is 15.2. The summed E-state index contributed by atoms with van der Waals surface area (Å²) in [6.45, 7) is 4.61. The van der Waals surface area contributed by atoms with Crippen LogP contribution in [0.4, 0.5) is 15.9 Å². The zero-order valence-corrected chi connectivity index (χ0v) is 20.5. The van der Waals surface area contributed by atoms with Crippen molar-refractivity contribution in [3.05, 3.63) is 75.8 Å². The lowest BCUT2D eigenvalue weighted by Crippen LogP contribution is -2.50. The van der Waals surface area contributed by atoms with Gasteiger partial charge in [-0.25, -0.2) is 9.07 Å². The number of piperazine rings is 1. The van der Waals surface area contributed by atoms with Crippen molar-refractivity contribution in [1.82, 2.24) is 14.7 Å². The standard InChI is InChI=1S/C26H27ClFN5O3/c27-20-3-1-19(2-4-20)23-17-24(31-13-15-36-16-14-31)29-33(26(23)35)18-25(34)32-11-9-30(10-12-32)22-7-5-21(28)6-8-22/h1-8,17H,9-16,18H2. The van der Waals surface area contributed by atoms with E-state index in [9.17, 15) is 14.0 Å². The molecule has 2 aliphatic rings. The van der Waals surface area contributed by atoms with Crippen molar-refractivity contribution in [2.24, 2.45) is 0 Å². The molecule has 0 radical (unpaired) electrons. The van der Waals surface area contributed by atoms with Crippen LogP contribution in [0.3, 0.4) is 0 Å². The van der Waals surface area contributed by atoms with Crippen LogP contribution in [0.1, 0.15) is 0 Å². The van der Waals surface area contributed by atoms with Crippen LogP contribution < -0.4 is 15.4 Å². The largest absolute Gasteiger partial charge is 0.378 e. The summed E-state index contributed by atoms with van der Waals surface area (Å²) in [5.74, 6) is 0.198. The van der Waals surface area contributed by atoms with E-state index in [2.05, 4.69) is 14.9 Å². The molecule has 2 aromatic carbocycles. The minimum absolute atomic E-state index is 0.145. The number of halogens is 2. The first-order valence-electron chi connectivity index (χ1n) is 12.0. The summed E-state index contributed by atoms with van der Waals surface area (Å²) < 4.78 is 20.0. The summed E-state index contributed by atoms with van der Waals surface area (Å²) in [5, 5.41) is 5.14. The summed E-state index contributed by atoms with van der Waals surface area (Å²) >= 11 is 6.05. The molecule has 2 fully saturated rings. The highest BCUT2D eigenvalue weighted by molar-refractivity contribution is 6.30. The molecule has 1 amide bonds. The first-order chi connectivity index (χ1) is 17.5. The maximum atomic E-state index is 13.4. The molecule has 3 aromatic rings. The number of benzene rings is 2. The van der Waals surface area contributed by atoms with Gasteiger partial charge in [-0.2, -0.15) is 5.10 Å². The SMILES string of the molecule is O=C(Cn1nc(N2CCOCC2)cc(-c2ccc(Cl)cc2)c1=O)N1CCN(c2ccc(F)cc2)CC1. The van der Waals surface area contributed by atoms with Gasteiger partial charge in [0.1, 0.15) is 18.2 Å². The van der Waals surface area contributed by atoms with E-state index in [-0.39, 0.29) is 23.8 Å². The van der Waals surface area contributed by atoms with Gasteiger partial charge >= 0.3 is 0 Å². The lowest BCUT2D eigenvalue weighted by molar-refractivity contribution is -0.132. The lowest BCUT2D eigenvalue weighted by atomic mass is 10.1. The first kappa shape index (κ1) is 24.3. The molecule has 1 aromatic heterocycles. The quantitative estimate of drug-likeness (QED) is 0.524. The summed E-state index contributed by atoms with van der Waals surface area (Å²) in [6.07, 6.45) is 0. The second-order valence-corrected chi connectivity index (χ2v) is 9.27. The topological polar surface area (TPSA) is 70.9 Å². The highest BCUT2D eigenvalue weighted by atomic mass is 35.5. The number of carbonyl (C=O) groups excluding carboxylic acids is 1. The van der Waals surface area contributed by atoms with E-state index in [1.54, 1.807) is 47.4 Å². The molecular formula is C26H27ClFN5O3. The van der Waals surface area contributed by atoms with Gasteiger partial charge in [0.15, 0.2) is 0 Å². The summed E-state index contributed by atoms with van der Waals surface area (Å²) in [4.78, 5) is 32.5. The van der Waals surface area contributed by atoms with E-state index in [1.807, 2.05) is 0 Å². The van der Waals surface area contributed by atoms with Gasteiger partial charge in [0.05, 0.1) is 18.8 Å². The van der Waals surface area contributed by atoms with Crippen LogP contribution in [0, 0.1) is 5.82 Å². The predicted octanol–water partition coefficient (Wildman–Crippen LogP) is 2.89. The summed E-state index contributed by atoms with van der Waals surface area (Å²) in [7, 11) is 0. The Morgan fingerprint density at radius 2 is 1.58 bits per heavy atom. The number of hydrogen-bond acceptors (Lipinski definition) is 6. The van der Waals surface area contributed by atoms with Crippen molar-refractivity contribution >= 4 is 29.0 Å². The van der Waals surface area contributed by atoms with Gasteiger partial charge in [0.25, 0.3) is 5.56 Å². The molecule has 0 aliphatic carbocycles. The second kappa shape index (κ2) is 10.7. The van der Waals surface area contributed by atoms with Crippen LogP contribution in [-0.4, -0.2) is 73.1 Å². The van der Waals surface area contributed by atoms with Crippen LogP contribution in [0.25, 0.3) is 11.1 Å². The monoisotopic (exact) mass is 511 g/mol. The number of nitrogens with zero attached hydrogens (tertiary/aromatic N) is 5. The number of amides is 1. The van der Waals surface area contributed by atoms with E-state index in [0.29, 0.717) is 68.9 Å². The predicted molar refractivity (Wildman–Crippen MR) is 137 cm³/mol. The van der Waals surface area contributed by atoms with Crippen LogP contribution in [0.15, 0.2) is 59.4 Å². The zero-order chi connectivity index (χ0) is 25.1. The Bertz CT molecular complexity index is 1270. The van der Waals surface area contributed by atoms with Crippen molar-refractivity contribution in [2.75, 3.05) is 62.3 Å².